The third-order valence-corrected chi connectivity index (χ3v) is 4.88. The first-order valence-corrected chi connectivity index (χ1v) is 8.73. The number of rotatable bonds is 4. The van der Waals surface area contributed by atoms with Crippen LogP contribution in [0.3, 0.4) is 0 Å². The van der Waals surface area contributed by atoms with Gasteiger partial charge >= 0.3 is 0 Å². The van der Waals surface area contributed by atoms with Gasteiger partial charge in [-0.3, -0.25) is 14.0 Å². The van der Waals surface area contributed by atoms with E-state index in [0.717, 1.165) is 36.8 Å². The summed E-state index contributed by atoms with van der Waals surface area (Å²) in [6.07, 6.45) is 9.83. The normalized spacial score (nSPS) is 19.2. The summed E-state index contributed by atoms with van der Waals surface area (Å²) in [4.78, 5) is 11.8. The zero-order chi connectivity index (χ0) is 16.5. The fraction of sp³-hybridized carbons (Fsp3) is 0.500. The van der Waals surface area contributed by atoms with E-state index >= 15 is 0 Å². The summed E-state index contributed by atoms with van der Waals surface area (Å²) in [5.41, 5.74) is 3.30. The Bertz CT molecular complexity index is 820. The number of hydrogen-bond donors (Lipinski definition) is 0. The average Bonchev–Trinajstić information content (AvgIpc) is 3.19. The van der Waals surface area contributed by atoms with Gasteiger partial charge in [0.2, 0.25) is 5.78 Å². The highest BCUT2D eigenvalue weighted by molar-refractivity contribution is 5.34. The van der Waals surface area contributed by atoms with Crippen LogP contribution in [-0.2, 0) is 13.1 Å². The molecule has 6 heteroatoms. The minimum atomic E-state index is 0.527. The molecule has 0 aliphatic carbocycles. The minimum Gasteiger partial charge on any atom is -0.293 e. The molecule has 0 amide bonds. The molecule has 0 bridgehead atoms. The molecule has 4 heterocycles. The first kappa shape index (κ1) is 15.3. The molecule has 3 aromatic heterocycles. The van der Waals surface area contributed by atoms with Crippen LogP contribution in [0.2, 0.25) is 0 Å². The van der Waals surface area contributed by atoms with E-state index in [1.54, 1.807) is 0 Å². The SMILES string of the molecule is Cc1cc(C)n2cc(CN3CCCC[C@H]3Cn3cccn3)nc2n1. The summed E-state index contributed by atoms with van der Waals surface area (Å²) in [5.74, 6) is 0.808. The van der Waals surface area contributed by atoms with Crippen LogP contribution >= 0.6 is 0 Å². The van der Waals surface area contributed by atoms with Gasteiger partial charge in [-0.05, 0) is 45.4 Å². The van der Waals surface area contributed by atoms with Crippen LogP contribution < -0.4 is 0 Å². The predicted molar refractivity (Wildman–Crippen MR) is 92.7 cm³/mol. The van der Waals surface area contributed by atoms with Crippen molar-refractivity contribution in [3.05, 3.63) is 47.8 Å². The molecule has 126 valence electrons. The molecule has 1 aliphatic heterocycles. The van der Waals surface area contributed by atoms with Gasteiger partial charge in [0.05, 0.1) is 12.2 Å². The first-order valence-electron chi connectivity index (χ1n) is 8.73. The van der Waals surface area contributed by atoms with E-state index < -0.39 is 0 Å². The van der Waals surface area contributed by atoms with Gasteiger partial charge < -0.3 is 0 Å². The number of likely N-dealkylation sites (tertiary alicyclic amines) is 1. The van der Waals surface area contributed by atoms with Crippen LogP contribution in [0.1, 0.15) is 36.3 Å². The van der Waals surface area contributed by atoms with E-state index in [4.69, 9.17) is 4.98 Å². The standard InChI is InChI=1S/C18H24N6/c1-14-10-15(2)24-12-16(21-18(24)20-14)11-22-8-4-3-6-17(22)13-23-9-5-7-19-23/h5,7,9-10,12,17H,3-4,6,8,11,13H2,1-2H3/t17-/m0/s1. The van der Waals surface area contributed by atoms with Crippen molar-refractivity contribution < 1.29 is 0 Å². The summed E-state index contributed by atoms with van der Waals surface area (Å²) in [6.45, 7) is 7.09. The maximum Gasteiger partial charge on any atom is 0.234 e. The van der Waals surface area contributed by atoms with Gasteiger partial charge in [-0.25, -0.2) is 9.97 Å². The van der Waals surface area contributed by atoms with Crippen molar-refractivity contribution in [3.8, 4) is 0 Å². The van der Waals surface area contributed by atoms with Gasteiger partial charge in [0, 0.05) is 42.6 Å². The molecular weight excluding hydrogens is 300 g/mol. The molecular formula is C18H24N6. The lowest BCUT2D eigenvalue weighted by Gasteiger charge is -2.35. The molecule has 0 saturated carbocycles. The molecule has 0 unspecified atom stereocenters. The van der Waals surface area contributed by atoms with E-state index in [-0.39, 0.29) is 0 Å². The van der Waals surface area contributed by atoms with E-state index in [9.17, 15) is 0 Å². The number of aromatic nitrogens is 5. The van der Waals surface area contributed by atoms with E-state index in [0.29, 0.717) is 6.04 Å². The highest BCUT2D eigenvalue weighted by Crippen LogP contribution is 2.21. The maximum atomic E-state index is 4.75. The lowest BCUT2D eigenvalue weighted by molar-refractivity contribution is 0.120. The Morgan fingerprint density at radius 1 is 1.21 bits per heavy atom. The zero-order valence-electron chi connectivity index (χ0n) is 14.4. The second-order valence-electron chi connectivity index (χ2n) is 6.79. The van der Waals surface area contributed by atoms with E-state index in [2.05, 4.69) is 38.6 Å². The van der Waals surface area contributed by atoms with Gasteiger partial charge in [-0.1, -0.05) is 6.42 Å². The van der Waals surface area contributed by atoms with Crippen molar-refractivity contribution in [1.29, 1.82) is 0 Å². The molecule has 0 N–H and O–H groups in total. The van der Waals surface area contributed by atoms with Crippen molar-refractivity contribution in [3.63, 3.8) is 0 Å². The molecule has 1 aliphatic rings. The van der Waals surface area contributed by atoms with Crippen molar-refractivity contribution >= 4 is 5.78 Å². The van der Waals surface area contributed by atoms with Gasteiger partial charge in [0.1, 0.15) is 0 Å². The maximum absolute atomic E-state index is 4.75. The number of imidazole rings is 1. The average molecular weight is 324 g/mol. The first-order chi connectivity index (χ1) is 11.7. The molecule has 1 atom stereocenters. The third kappa shape index (κ3) is 3.06. The van der Waals surface area contributed by atoms with Gasteiger partial charge in [0.25, 0.3) is 0 Å². The smallest absolute Gasteiger partial charge is 0.234 e. The van der Waals surface area contributed by atoms with Crippen LogP contribution in [-0.4, -0.2) is 41.6 Å². The summed E-state index contributed by atoms with van der Waals surface area (Å²) in [6, 6.07) is 4.62. The number of nitrogens with zero attached hydrogens (tertiary/aromatic N) is 6. The lowest BCUT2D eigenvalue weighted by Crippen LogP contribution is -2.41. The van der Waals surface area contributed by atoms with Crippen LogP contribution in [0.25, 0.3) is 5.78 Å². The van der Waals surface area contributed by atoms with Gasteiger partial charge in [0.15, 0.2) is 0 Å². The highest BCUT2D eigenvalue weighted by atomic mass is 15.3. The van der Waals surface area contributed by atoms with Crippen LogP contribution in [0.4, 0.5) is 0 Å². The Morgan fingerprint density at radius 3 is 2.96 bits per heavy atom. The molecule has 4 rings (SSSR count). The quantitative estimate of drug-likeness (QED) is 0.740. The van der Waals surface area contributed by atoms with E-state index in [1.165, 1.54) is 25.0 Å². The summed E-state index contributed by atoms with van der Waals surface area (Å²) in [7, 11) is 0. The Kier molecular flexibility index (Phi) is 4.06. The molecule has 0 spiro atoms. The summed E-state index contributed by atoms with van der Waals surface area (Å²) in [5, 5.41) is 4.37. The molecule has 1 saturated heterocycles. The second-order valence-corrected chi connectivity index (χ2v) is 6.79. The van der Waals surface area contributed by atoms with E-state index in [1.807, 2.05) is 30.1 Å². The van der Waals surface area contributed by atoms with Crippen molar-refractivity contribution in [2.75, 3.05) is 6.54 Å². The fourth-order valence-electron chi connectivity index (χ4n) is 3.70. The van der Waals surface area contributed by atoms with Gasteiger partial charge in [-0.15, -0.1) is 0 Å². The van der Waals surface area contributed by atoms with Crippen LogP contribution in [0.15, 0.2) is 30.7 Å². The molecule has 0 radical (unpaired) electrons. The molecule has 0 aromatic carbocycles. The van der Waals surface area contributed by atoms with Crippen LogP contribution in [0.5, 0.6) is 0 Å². The molecule has 3 aromatic rings. The molecule has 6 nitrogen and oxygen atoms in total. The molecule has 24 heavy (non-hydrogen) atoms. The van der Waals surface area contributed by atoms with Crippen LogP contribution in [0, 0.1) is 13.8 Å². The largest absolute Gasteiger partial charge is 0.293 e. The summed E-state index contributed by atoms with van der Waals surface area (Å²) >= 11 is 0. The number of fused-ring (bicyclic) bond motifs is 1. The topological polar surface area (TPSA) is 51.2 Å². The van der Waals surface area contributed by atoms with Gasteiger partial charge in [-0.2, -0.15) is 5.10 Å². The Labute approximate surface area is 142 Å². The highest BCUT2D eigenvalue weighted by Gasteiger charge is 2.24. The minimum absolute atomic E-state index is 0.527. The Hall–Kier alpha value is -2.21. The third-order valence-electron chi connectivity index (χ3n) is 4.88. The Balaban J connectivity index is 1.55. The predicted octanol–water partition coefficient (Wildman–Crippen LogP) is 2.60. The Morgan fingerprint density at radius 2 is 2.12 bits per heavy atom. The lowest BCUT2D eigenvalue weighted by atomic mass is 10.0. The fourth-order valence-corrected chi connectivity index (χ4v) is 3.70. The van der Waals surface area contributed by atoms with Crippen molar-refractivity contribution in [2.45, 2.75) is 52.2 Å². The monoisotopic (exact) mass is 324 g/mol. The zero-order valence-corrected chi connectivity index (χ0v) is 14.4. The van der Waals surface area contributed by atoms with Crippen molar-refractivity contribution in [2.24, 2.45) is 0 Å². The number of hydrogen-bond acceptors (Lipinski definition) is 4. The second kappa shape index (κ2) is 6.36. The summed E-state index contributed by atoms with van der Waals surface area (Å²) < 4.78 is 4.14. The van der Waals surface area contributed by atoms with Crippen molar-refractivity contribution in [1.82, 2.24) is 29.0 Å². The number of piperidine rings is 1. The number of aryl methyl sites for hydroxylation is 2. The molecule has 1 fully saturated rings.